The van der Waals surface area contributed by atoms with Crippen LogP contribution < -0.4 is 5.32 Å². The highest BCUT2D eigenvalue weighted by molar-refractivity contribution is 5.90. The van der Waals surface area contributed by atoms with Gasteiger partial charge < -0.3 is 9.88 Å². The fraction of sp³-hybridized carbons (Fsp3) is 0.222. The molecule has 1 N–H and O–H groups in total. The molecule has 24 heavy (non-hydrogen) atoms. The van der Waals surface area contributed by atoms with Crippen LogP contribution in [0.4, 0.5) is 5.69 Å². The van der Waals surface area contributed by atoms with E-state index in [4.69, 9.17) is 0 Å². The van der Waals surface area contributed by atoms with E-state index < -0.39 is 0 Å². The van der Waals surface area contributed by atoms with Crippen molar-refractivity contribution in [3.63, 3.8) is 0 Å². The van der Waals surface area contributed by atoms with E-state index in [9.17, 15) is 4.79 Å². The van der Waals surface area contributed by atoms with E-state index >= 15 is 0 Å². The Morgan fingerprint density at radius 2 is 1.92 bits per heavy atom. The number of nitrogens with one attached hydrogen (secondary N) is 1. The zero-order chi connectivity index (χ0) is 16.9. The van der Waals surface area contributed by atoms with Crippen LogP contribution in [0.15, 0.2) is 49.2 Å². The predicted octanol–water partition coefficient (Wildman–Crippen LogP) is 2.85. The first-order valence-electron chi connectivity index (χ1n) is 7.79. The molecular weight excluding hydrogens is 302 g/mol. The molecule has 0 fully saturated rings. The van der Waals surface area contributed by atoms with Crippen LogP contribution in [0.3, 0.4) is 0 Å². The minimum atomic E-state index is -0.0388. The lowest BCUT2D eigenvalue weighted by Crippen LogP contribution is -2.12. The number of benzene rings is 1. The second kappa shape index (κ2) is 7.04. The van der Waals surface area contributed by atoms with Crippen LogP contribution in [0.2, 0.25) is 0 Å². The Kier molecular flexibility index (Phi) is 4.65. The van der Waals surface area contributed by atoms with E-state index in [1.54, 1.807) is 24.9 Å². The van der Waals surface area contributed by atoms with Crippen molar-refractivity contribution in [2.75, 3.05) is 5.32 Å². The quantitative estimate of drug-likeness (QED) is 0.784. The van der Waals surface area contributed by atoms with Gasteiger partial charge in [0.15, 0.2) is 0 Å². The molecule has 2 aromatic heterocycles. The van der Waals surface area contributed by atoms with Crippen LogP contribution in [-0.2, 0) is 11.2 Å². The van der Waals surface area contributed by atoms with E-state index in [0.29, 0.717) is 12.8 Å². The summed E-state index contributed by atoms with van der Waals surface area (Å²) in [7, 11) is 0. The lowest BCUT2D eigenvalue weighted by Gasteiger charge is -2.08. The molecule has 1 amide bonds. The number of aryl methyl sites for hydroxylation is 2. The van der Waals surface area contributed by atoms with Gasteiger partial charge in [-0.2, -0.15) is 0 Å². The number of hydrogen-bond acceptors (Lipinski definition) is 4. The van der Waals surface area contributed by atoms with Crippen LogP contribution in [0.25, 0.3) is 5.69 Å². The van der Waals surface area contributed by atoms with Crippen molar-refractivity contribution in [2.24, 2.45) is 0 Å². The molecule has 0 bridgehead atoms. The van der Waals surface area contributed by atoms with Crippen LogP contribution in [0, 0.1) is 13.8 Å². The average Bonchev–Trinajstić information content (AvgIpc) is 2.94. The summed E-state index contributed by atoms with van der Waals surface area (Å²) in [6, 6.07) is 7.72. The Hall–Kier alpha value is -3.02. The lowest BCUT2D eigenvalue weighted by molar-refractivity contribution is -0.116. The molecule has 0 aliphatic rings. The number of rotatable bonds is 5. The van der Waals surface area contributed by atoms with Crippen molar-refractivity contribution >= 4 is 11.6 Å². The molecule has 6 heteroatoms. The summed E-state index contributed by atoms with van der Waals surface area (Å²) in [6.45, 7) is 4.02. The highest BCUT2D eigenvalue weighted by Crippen LogP contribution is 2.17. The standard InChI is InChI=1S/C18H19N5O/c1-13-14(2)23(12-21-13)17-6-3-15(4-7-17)22-18(24)8-5-16-11-19-9-10-20-16/h3-4,6-7,9-12H,5,8H2,1-2H3,(H,22,24). The average molecular weight is 321 g/mol. The lowest BCUT2D eigenvalue weighted by atomic mass is 10.2. The first-order valence-corrected chi connectivity index (χ1v) is 7.79. The maximum Gasteiger partial charge on any atom is 0.224 e. The van der Waals surface area contributed by atoms with Crippen molar-refractivity contribution in [1.82, 2.24) is 19.5 Å². The molecule has 0 aliphatic carbocycles. The minimum absolute atomic E-state index is 0.0388. The molecule has 2 heterocycles. The first kappa shape index (κ1) is 15.9. The van der Waals surface area contributed by atoms with E-state index in [0.717, 1.165) is 28.5 Å². The van der Waals surface area contributed by atoms with Gasteiger partial charge in [0.25, 0.3) is 0 Å². The summed E-state index contributed by atoms with van der Waals surface area (Å²) in [5.74, 6) is -0.0388. The van der Waals surface area contributed by atoms with Crippen molar-refractivity contribution < 1.29 is 4.79 Å². The van der Waals surface area contributed by atoms with Gasteiger partial charge in [0.2, 0.25) is 5.91 Å². The van der Waals surface area contributed by atoms with E-state index in [2.05, 4.69) is 20.3 Å². The molecule has 3 rings (SSSR count). The summed E-state index contributed by atoms with van der Waals surface area (Å²) in [5, 5.41) is 2.90. The summed E-state index contributed by atoms with van der Waals surface area (Å²) < 4.78 is 2.02. The van der Waals surface area contributed by atoms with Gasteiger partial charge in [0.05, 0.1) is 17.7 Å². The van der Waals surface area contributed by atoms with Crippen LogP contribution >= 0.6 is 0 Å². The van der Waals surface area contributed by atoms with Gasteiger partial charge in [-0.3, -0.25) is 14.8 Å². The van der Waals surface area contributed by atoms with Crippen LogP contribution in [0.5, 0.6) is 0 Å². The SMILES string of the molecule is Cc1ncn(-c2ccc(NC(=O)CCc3cnccn3)cc2)c1C. The Morgan fingerprint density at radius 1 is 1.12 bits per heavy atom. The van der Waals surface area contributed by atoms with Crippen molar-refractivity contribution in [2.45, 2.75) is 26.7 Å². The van der Waals surface area contributed by atoms with Gasteiger partial charge >= 0.3 is 0 Å². The third-order valence-electron chi connectivity index (χ3n) is 3.91. The normalized spacial score (nSPS) is 10.6. The number of amides is 1. The molecule has 0 unspecified atom stereocenters. The Labute approximate surface area is 140 Å². The molecule has 122 valence electrons. The van der Waals surface area contributed by atoms with Gasteiger partial charge in [-0.05, 0) is 44.5 Å². The zero-order valence-corrected chi connectivity index (χ0v) is 13.7. The summed E-state index contributed by atoms with van der Waals surface area (Å²) >= 11 is 0. The van der Waals surface area contributed by atoms with Crippen molar-refractivity contribution in [3.05, 3.63) is 66.3 Å². The van der Waals surface area contributed by atoms with Crippen LogP contribution in [0.1, 0.15) is 23.5 Å². The smallest absolute Gasteiger partial charge is 0.224 e. The predicted molar refractivity (Wildman–Crippen MR) is 92.0 cm³/mol. The fourth-order valence-corrected chi connectivity index (χ4v) is 2.39. The van der Waals surface area contributed by atoms with Gasteiger partial charge in [-0.25, -0.2) is 4.98 Å². The molecule has 0 aliphatic heterocycles. The monoisotopic (exact) mass is 321 g/mol. The molecule has 0 saturated carbocycles. The summed E-state index contributed by atoms with van der Waals surface area (Å²) in [5.41, 5.74) is 4.73. The van der Waals surface area contributed by atoms with Gasteiger partial charge in [0, 0.05) is 42.1 Å². The number of imidazole rings is 1. The third kappa shape index (κ3) is 3.65. The van der Waals surface area contributed by atoms with Crippen molar-refractivity contribution in [1.29, 1.82) is 0 Å². The highest BCUT2D eigenvalue weighted by Gasteiger charge is 2.06. The summed E-state index contributed by atoms with van der Waals surface area (Å²) in [4.78, 5) is 24.5. The molecule has 0 atom stereocenters. The van der Waals surface area contributed by atoms with Gasteiger partial charge in [0.1, 0.15) is 0 Å². The molecule has 0 spiro atoms. The fourth-order valence-electron chi connectivity index (χ4n) is 2.39. The zero-order valence-electron chi connectivity index (χ0n) is 13.7. The first-order chi connectivity index (χ1) is 11.6. The molecule has 6 nitrogen and oxygen atoms in total. The Bertz CT molecular complexity index is 824. The molecule has 3 aromatic rings. The maximum absolute atomic E-state index is 12.0. The Balaban J connectivity index is 1.60. The maximum atomic E-state index is 12.0. The van der Waals surface area contributed by atoms with E-state index in [1.807, 2.05) is 42.7 Å². The third-order valence-corrected chi connectivity index (χ3v) is 3.91. The van der Waals surface area contributed by atoms with E-state index in [-0.39, 0.29) is 5.91 Å². The Morgan fingerprint density at radius 3 is 2.54 bits per heavy atom. The number of carbonyl (C=O) groups is 1. The highest BCUT2D eigenvalue weighted by atomic mass is 16.1. The number of nitrogens with zero attached hydrogens (tertiary/aromatic N) is 4. The molecule has 0 saturated heterocycles. The van der Waals surface area contributed by atoms with Crippen LogP contribution in [-0.4, -0.2) is 25.4 Å². The molecule has 1 aromatic carbocycles. The summed E-state index contributed by atoms with van der Waals surface area (Å²) in [6.07, 6.45) is 7.68. The second-order valence-corrected chi connectivity index (χ2v) is 5.58. The molecule has 0 radical (unpaired) electrons. The number of anilines is 1. The number of carbonyl (C=O) groups excluding carboxylic acids is 1. The second-order valence-electron chi connectivity index (χ2n) is 5.58. The number of hydrogen-bond donors (Lipinski definition) is 1. The minimum Gasteiger partial charge on any atom is -0.326 e. The largest absolute Gasteiger partial charge is 0.326 e. The van der Waals surface area contributed by atoms with E-state index in [1.165, 1.54) is 0 Å². The van der Waals surface area contributed by atoms with Gasteiger partial charge in [-0.15, -0.1) is 0 Å². The molecular formula is C18H19N5O. The van der Waals surface area contributed by atoms with Crippen molar-refractivity contribution in [3.8, 4) is 5.69 Å². The topological polar surface area (TPSA) is 72.7 Å². The number of aromatic nitrogens is 4. The van der Waals surface area contributed by atoms with Gasteiger partial charge in [-0.1, -0.05) is 0 Å².